The molecule has 1 aliphatic heterocycles. The Hall–Kier alpha value is -1.82. The molecule has 1 aliphatic rings. The Morgan fingerprint density at radius 2 is 2.29 bits per heavy atom. The van der Waals surface area contributed by atoms with Crippen molar-refractivity contribution < 1.29 is 9.90 Å². The van der Waals surface area contributed by atoms with Gasteiger partial charge in [0, 0.05) is 20.6 Å². The van der Waals surface area contributed by atoms with Gasteiger partial charge in [-0.1, -0.05) is 6.92 Å². The van der Waals surface area contributed by atoms with Crippen LogP contribution in [-0.4, -0.2) is 54.3 Å². The largest absolute Gasteiger partial charge is 0.394 e. The summed E-state index contributed by atoms with van der Waals surface area (Å²) in [6.45, 7) is 2.77. The van der Waals surface area contributed by atoms with E-state index >= 15 is 0 Å². The number of likely N-dealkylation sites (tertiary alicyclic amines) is 1. The second kappa shape index (κ2) is 6.76. The van der Waals surface area contributed by atoms with E-state index in [0.29, 0.717) is 18.2 Å². The molecule has 1 aromatic rings. The van der Waals surface area contributed by atoms with Gasteiger partial charge in [-0.25, -0.2) is 9.78 Å². The molecule has 1 aromatic heterocycles. The Labute approximate surface area is 125 Å². The fourth-order valence-electron chi connectivity index (χ4n) is 2.70. The van der Waals surface area contributed by atoms with E-state index < -0.39 is 0 Å². The molecule has 0 bridgehead atoms. The summed E-state index contributed by atoms with van der Waals surface area (Å²) in [6.07, 6.45) is 3.67. The number of nitrogens with one attached hydrogen (secondary N) is 1. The van der Waals surface area contributed by atoms with Crippen molar-refractivity contribution in [3.63, 3.8) is 0 Å². The first-order valence-electron chi connectivity index (χ1n) is 7.34. The average molecular weight is 292 g/mol. The molecule has 1 saturated heterocycles. The van der Waals surface area contributed by atoms with Gasteiger partial charge >= 0.3 is 6.03 Å². The molecule has 2 amide bonds. The second-order valence-electron chi connectivity index (χ2n) is 5.79. The predicted octanol–water partition coefficient (Wildman–Crippen LogP) is 1.77. The van der Waals surface area contributed by atoms with Crippen LogP contribution < -0.4 is 10.2 Å². The van der Waals surface area contributed by atoms with Crippen LogP contribution in [0.1, 0.15) is 19.8 Å². The Kier molecular flexibility index (Phi) is 5.01. The SMILES string of the molecule is C[C@@H]1CCCN(C(=O)Nc2ccc(N(C)C)nc2)[C@@H]1CO. The van der Waals surface area contributed by atoms with Gasteiger partial charge in [0.2, 0.25) is 0 Å². The number of carbonyl (C=O) groups is 1. The van der Waals surface area contributed by atoms with Crippen molar-refractivity contribution in [2.24, 2.45) is 5.92 Å². The maximum Gasteiger partial charge on any atom is 0.322 e. The molecule has 6 nitrogen and oxygen atoms in total. The lowest BCUT2D eigenvalue weighted by Crippen LogP contribution is -2.51. The smallest absolute Gasteiger partial charge is 0.322 e. The van der Waals surface area contributed by atoms with Gasteiger partial charge in [0.1, 0.15) is 5.82 Å². The fourth-order valence-corrected chi connectivity index (χ4v) is 2.70. The molecular weight excluding hydrogens is 268 g/mol. The van der Waals surface area contributed by atoms with E-state index in [2.05, 4.69) is 17.2 Å². The molecule has 0 spiro atoms. The molecule has 2 heterocycles. The van der Waals surface area contributed by atoms with Crippen molar-refractivity contribution in [1.82, 2.24) is 9.88 Å². The summed E-state index contributed by atoms with van der Waals surface area (Å²) in [5, 5.41) is 12.4. The highest BCUT2D eigenvalue weighted by Gasteiger charge is 2.31. The Balaban J connectivity index is 2.03. The number of carbonyl (C=O) groups excluding carboxylic acids is 1. The summed E-state index contributed by atoms with van der Waals surface area (Å²) < 4.78 is 0. The molecular formula is C15H24N4O2. The highest BCUT2D eigenvalue weighted by Crippen LogP contribution is 2.24. The topological polar surface area (TPSA) is 68.7 Å². The van der Waals surface area contributed by atoms with E-state index in [1.807, 2.05) is 31.1 Å². The number of nitrogens with zero attached hydrogens (tertiary/aromatic N) is 3. The van der Waals surface area contributed by atoms with Crippen LogP contribution in [0.25, 0.3) is 0 Å². The number of amides is 2. The van der Waals surface area contributed by atoms with E-state index in [4.69, 9.17) is 0 Å². The first-order chi connectivity index (χ1) is 10.0. The lowest BCUT2D eigenvalue weighted by Gasteiger charge is -2.38. The van der Waals surface area contributed by atoms with Crippen LogP contribution in [-0.2, 0) is 0 Å². The van der Waals surface area contributed by atoms with Crippen LogP contribution >= 0.6 is 0 Å². The quantitative estimate of drug-likeness (QED) is 0.891. The molecule has 6 heteroatoms. The van der Waals surface area contributed by atoms with E-state index in [1.165, 1.54) is 0 Å². The zero-order valence-corrected chi connectivity index (χ0v) is 12.9. The lowest BCUT2D eigenvalue weighted by atomic mass is 9.91. The number of anilines is 2. The van der Waals surface area contributed by atoms with E-state index in [1.54, 1.807) is 11.1 Å². The van der Waals surface area contributed by atoms with Crippen LogP contribution in [0.4, 0.5) is 16.3 Å². The molecule has 2 N–H and O–H groups in total. The molecule has 0 aliphatic carbocycles. The van der Waals surface area contributed by atoms with Crippen LogP contribution in [0.15, 0.2) is 18.3 Å². The second-order valence-corrected chi connectivity index (χ2v) is 5.79. The monoisotopic (exact) mass is 292 g/mol. The van der Waals surface area contributed by atoms with Crippen LogP contribution in [0.5, 0.6) is 0 Å². The molecule has 0 aromatic carbocycles. The molecule has 0 radical (unpaired) electrons. The number of hydrogen-bond donors (Lipinski definition) is 2. The van der Waals surface area contributed by atoms with E-state index in [0.717, 1.165) is 18.7 Å². The van der Waals surface area contributed by atoms with Crippen LogP contribution in [0, 0.1) is 5.92 Å². The number of pyridine rings is 1. The predicted molar refractivity (Wildman–Crippen MR) is 83.6 cm³/mol. The van der Waals surface area contributed by atoms with Gasteiger partial charge in [0.25, 0.3) is 0 Å². The van der Waals surface area contributed by atoms with Gasteiger partial charge in [-0.2, -0.15) is 0 Å². The molecule has 0 unspecified atom stereocenters. The number of aliphatic hydroxyl groups is 1. The van der Waals surface area contributed by atoms with E-state index in [9.17, 15) is 9.90 Å². The summed E-state index contributed by atoms with van der Waals surface area (Å²) in [5.74, 6) is 1.16. The van der Waals surface area contributed by atoms with Crippen molar-refractivity contribution in [2.75, 3.05) is 37.5 Å². The normalized spacial score (nSPS) is 22.0. The first kappa shape index (κ1) is 15.6. The first-order valence-corrected chi connectivity index (χ1v) is 7.34. The third-order valence-electron chi connectivity index (χ3n) is 4.02. The molecule has 21 heavy (non-hydrogen) atoms. The van der Waals surface area contributed by atoms with Crippen molar-refractivity contribution in [2.45, 2.75) is 25.8 Å². The maximum atomic E-state index is 12.4. The maximum absolute atomic E-state index is 12.4. The average Bonchev–Trinajstić information content (AvgIpc) is 2.47. The van der Waals surface area contributed by atoms with Crippen molar-refractivity contribution in [3.05, 3.63) is 18.3 Å². The molecule has 1 fully saturated rings. The zero-order chi connectivity index (χ0) is 15.4. The van der Waals surface area contributed by atoms with Gasteiger partial charge in [-0.15, -0.1) is 0 Å². The van der Waals surface area contributed by atoms with Crippen molar-refractivity contribution >= 4 is 17.5 Å². The number of aromatic nitrogens is 1. The summed E-state index contributed by atoms with van der Waals surface area (Å²) in [5.41, 5.74) is 0.667. The van der Waals surface area contributed by atoms with Gasteiger partial charge in [0.05, 0.1) is 24.5 Å². The van der Waals surface area contributed by atoms with Crippen LogP contribution in [0.3, 0.4) is 0 Å². The number of piperidine rings is 1. The van der Waals surface area contributed by atoms with E-state index in [-0.39, 0.29) is 18.7 Å². The summed E-state index contributed by atoms with van der Waals surface area (Å²) in [6, 6.07) is 3.42. The Bertz CT molecular complexity index is 475. The summed E-state index contributed by atoms with van der Waals surface area (Å²) in [7, 11) is 3.84. The Morgan fingerprint density at radius 3 is 2.86 bits per heavy atom. The zero-order valence-electron chi connectivity index (χ0n) is 12.9. The number of aliphatic hydroxyl groups excluding tert-OH is 1. The van der Waals surface area contributed by atoms with Gasteiger partial charge in [0.15, 0.2) is 0 Å². The minimum absolute atomic E-state index is 0.00635. The minimum Gasteiger partial charge on any atom is -0.394 e. The minimum atomic E-state index is -0.167. The summed E-state index contributed by atoms with van der Waals surface area (Å²) >= 11 is 0. The summed E-state index contributed by atoms with van der Waals surface area (Å²) in [4.78, 5) is 20.3. The number of rotatable bonds is 3. The fraction of sp³-hybridized carbons (Fsp3) is 0.600. The Morgan fingerprint density at radius 1 is 1.52 bits per heavy atom. The highest BCUT2D eigenvalue weighted by molar-refractivity contribution is 5.89. The molecule has 0 saturated carbocycles. The molecule has 2 rings (SSSR count). The number of urea groups is 1. The number of hydrogen-bond acceptors (Lipinski definition) is 4. The third-order valence-corrected chi connectivity index (χ3v) is 4.02. The third kappa shape index (κ3) is 3.64. The lowest BCUT2D eigenvalue weighted by molar-refractivity contribution is 0.0811. The highest BCUT2D eigenvalue weighted by atomic mass is 16.3. The molecule has 116 valence electrons. The standard InChI is InChI=1S/C15H24N4O2/c1-11-5-4-8-19(13(11)10-20)15(21)17-12-6-7-14(16-9-12)18(2)3/h6-7,9,11,13,20H,4-5,8,10H2,1-3H3,(H,17,21)/t11-,13-/m1/s1. The van der Waals surface area contributed by atoms with Crippen molar-refractivity contribution in [3.8, 4) is 0 Å². The van der Waals surface area contributed by atoms with Crippen molar-refractivity contribution in [1.29, 1.82) is 0 Å². The van der Waals surface area contributed by atoms with Crippen LogP contribution in [0.2, 0.25) is 0 Å². The van der Waals surface area contributed by atoms with Gasteiger partial charge in [-0.3, -0.25) is 0 Å². The van der Waals surface area contributed by atoms with Gasteiger partial charge < -0.3 is 20.2 Å². The van der Waals surface area contributed by atoms with Gasteiger partial charge in [-0.05, 0) is 30.9 Å². The molecule has 2 atom stereocenters.